The summed E-state index contributed by atoms with van der Waals surface area (Å²) in [5.74, 6) is -9.76. The second kappa shape index (κ2) is 38.9. The lowest BCUT2D eigenvalue weighted by Crippen LogP contribution is -2.62. The molecule has 4 aromatic carbocycles. The molecule has 32 nitrogen and oxygen atoms in total. The average molecular weight is 1340 g/mol. The summed E-state index contributed by atoms with van der Waals surface area (Å²) in [6.07, 6.45) is -2.10. The summed E-state index contributed by atoms with van der Waals surface area (Å²) in [6.45, 7) is 3.01. The summed E-state index contributed by atoms with van der Waals surface area (Å²) in [7, 11) is 0. The van der Waals surface area contributed by atoms with E-state index in [9.17, 15) is 28.8 Å². The first-order chi connectivity index (χ1) is 46.1. The standard InChI is InChI=1S/C65H94N22O10/c1-65(2,37-51(66)88)87-52(89)28-27-47-57(94)84-48(34-38-15-5-3-6-16-38)59(96)85-49(35-39-17-7-4-8-18-39)60(97)86-50(36-40-25-26-41-19-9-10-20-42(41)33-40)58(95)82-46(24-14-32-78-64(73)74)55(92)80-44(22-12-30-76-62(69)70)53(90)79-43(21-11-29-75-61(67)68)54(91)81-45(56(93)83-47)23-13-31-77-63(71)72/h3-10,15-20,25-26,33,43-50H,11-14,21-24,27-32,34-37H2,1-2H3,(H2,66,88)(H,79,90)(H,80,92)(H,81,91)(H,82,95)(H,83,93)(H,84,94)(H,85,96)(H,86,97)(H,87,89)(H4,67,68,75)(H4,69,70,76)(H4,71,72,77)(H4,73,74,78). The van der Waals surface area contributed by atoms with Crippen LogP contribution in [0.5, 0.6) is 0 Å². The molecular formula is C65H94N22O10. The maximum absolute atomic E-state index is 15.3. The topological polar surface area (TPSA) is 563 Å². The minimum atomic E-state index is -1.67. The molecule has 1 saturated heterocycles. The van der Waals surface area contributed by atoms with Gasteiger partial charge in [0.05, 0.1) is 0 Å². The zero-order valence-electron chi connectivity index (χ0n) is 54.7. The van der Waals surface area contributed by atoms with Crippen LogP contribution in [0.3, 0.4) is 0 Å². The summed E-state index contributed by atoms with van der Waals surface area (Å²) in [6, 6.07) is 17.9. The van der Waals surface area contributed by atoms with E-state index in [4.69, 9.17) is 51.6 Å². The van der Waals surface area contributed by atoms with Crippen LogP contribution in [0.2, 0.25) is 0 Å². The molecule has 4 aromatic rings. The Morgan fingerprint density at radius 1 is 0.371 bits per heavy atom. The number of guanidine groups is 4. The van der Waals surface area contributed by atoms with Crippen LogP contribution < -0.4 is 99.5 Å². The Balaban J connectivity index is 1.73. The molecule has 27 N–H and O–H groups in total. The van der Waals surface area contributed by atoms with Crippen molar-refractivity contribution in [3.8, 4) is 0 Å². The maximum atomic E-state index is 15.3. The van der Waals surface area contributed by atoms with E-state index < -0.39 is 126 Å². The summed E-state index contributed by atoms with van der Waals surface area (Å²) in [5.41, 5.74) is 51.2. The fourth-order valence-electron chi connectivity index (χ4n) is 10.7. The van der Waals surface area contributed by atoms with Gasteiger partial charge < -0.3 is 99.5 Å². The van der Waals surface area contributed by atoms with Gasteiger partial charge in [-0.15, -0.1) is 0 Å². The van der Waals surface area contributed by atoms with Gasteiger partial charge in [-0.3, -0.25) is 67.9 Å². The molecule has 8 atom stereocenters. The molecule has 97 heavy (non-hydrogen) atoms. The summed E-state index contributed by atoms with van der Waals surface area (Å²) >= 11 is 0. The van der Waals surface area contributed by atoms with E-state index in [-0.39, 0.29) is 127 Å². The number of primary amides is 1. The minimum absolute atomic E-state index is 0.00577. The Bertz CT molecular complexity index is 3460. The maximum Gasteiger partial charge on any atom is 0.243 e. The molecule has 1 aliphatic heterocycles. The van der Waals surface area contributed by atoms with Gasteiger partial charge in [0.1, 0.15) is 48.3 Å². The van der Waals surface area contributed by atoms with E-state index >= 15 is 19.2 Å². The minimum Gasteiger partial charge on any atom is -0.370 e. The Labute approximate surface area is 562 Å². The fraction of sp³-hybridized carbons (Fsp3) is 0.446. The average Bonchev–Trinajstić information content (AvgIpc) is 0.867. The first-order valence-electron chi connectivity index (χ1n) is 31.9. The number of nitrogens with two attached hydrogens (primary N) is 9. The number of carbonyl (C=O) groups is 10. The molecule has 8 unspecified atom stereocenters. The lowest BCUT2D eigenvalue weighted by atomic mass is 9.98. The number of fused-ring (bicyclic) bond motifs is 1. The Hall–Kier alpha value is -11.1. The highest BCUT2D eigenvalue weighted by Crippen LogP contribution is 2.19. The summed E-state index contributed by atoms with van der Waals surface area (Å²) in [5, 5.41) is 26.5. The van der Waals surface area contributed by atoms with E-state index in [0.717, 1.165) is 10.8 Å². The van der Waals surface area contributed by atoms with Crippen LogP contribution in [-0.2, 0) is 67.2 Å². The number of aliphatic imine (C=N–C) groups is 4. The first-order valence-corrected chi connectivity index (χ1v) is 31.9. The highest BCUT2D eigenvalue weighted by molar-refractivity contribution is 5.99. The van der Waals surface area contributed by atoms with Crippen LogP contribution in [0.15, 0.2) is 123 Å². The highest BCUT2D eigenvalue weighted by Gasteiger charge is 2.37. The number of hydrogen-bond donors (Lipinski definition) is 18. The number of amides is 10. The normalized spacial score (nSPS) is 20.2. The van der Waals surface area contributed by atoms with Crippen molar-refractivity contribution in [3.05, 3.63) is 120 Å². The van der Waals surface area contributed by atoms with Crippen molar-refractivity contribution in [1.82, 2.24) is 47.9 Å². The largest absolute Gasteiger partial charge is 0.370 e. The van der Waals surface area contributed by atoms with Crippen LogP contribution in [-0.4, -0.2) is 163 Å². The van der Waals surface area contributed by atoms with Crippen molar-refractivity contribution in [3.63, 3.8) is 0 Å². The molecule has 0 radical (unpaired) electrons. The van der Waals surface area contributed by atoms with Gasteiger partial charge in [-0.25, -0.2) is 0 Å². The fourth-order valence-corrected chi connectivity index (χ4v) is 10.7. The SMILES string of the molecule is CC(C)(CC(N)=O)NC(=O)CCC1NC(=O)C(CCCN=C(N)N)NC(=O)C(CCCN=C(N)N)NC(=O)C(CCCN=C(N)N)NC(=O)C(CCCN=C(N)N)NC(=O)C(Cc2ccc3ccccc3c2)NC(=O)C(Cc2ccccc2)NC(=O)C(Cc2ccccc2)NC1=O. The third-order valence-corrected chi connectivity index (χ3v) is 15.4. The molecule has 1 aliphatic rings. The van der Waals surface area contributed by atoms with E-state index in [1.807, 2.05) is 36.4 Å². The van der Waals surface area contributed by atoms with Crippen molar-refractivity contribution >= 4 is 93.7 Å². The van der Waals surface area contributed by atoms with Crippen LogP contribution in [0.4, 0.5) is 0 Å². The van der Waals surface area contributed by atoms with Crippen molar-refractivity contribution in [1.29, 1.82) is 0 Å². The second-order valence-electron chi connectivity index (χ2n) is 24.2. The monoisotopic (exact) mass is 1340 g/mol. The van der Waals surface area contributed by atoms with Gasteiger partial charge >= 0.3 is 0 Å². The highest BCUT2D eigenvalue weighted by atomic mass is 16.2. The molecule has 0 aliphatic carbocycles. The molecule has 1 fully saturated rings. The predicted octanol–water partition coefficient (Wildman–Crippen LogP) is -3.48. The van der Waals surface area contributed by atoms with E-state index in [0.29, 0.717) is 16.7 Å². The van der Waals surface area contributed by atoms with Gasteiger partial charge in [-0.2, -0.15) is 0 Å². The van der Waals surface area contributed by atoms with Crippen molar-refractivity contribution in [2.24, 2.45) is 71.6 Å². The number of carbonyl (C=O) groups excluding carboxylic acids is 10. The van der Waals surface area contributed by atoms with E-state index in [1.165, 1.54) is 0 Å². The number of nitrogens with one attached hydrogen (secondary N) is 9. The Morgan fingerprint density at radius 3 is 0.990 bits per heavy atom. The lowest BCUT2D eigenvalue weighted by molar-refractivity contribution is -0.137. The van der Waals surface area contributed by atoms with Gasteiger partial charge in [0.15, 0.2) is 23.8 Å². The molecule has 5 rings (SSSR count). The summed E-state index contributed by atoms with van der Waals surface area (Å²) in [4.78, 5) is 162. The third-order valence-electron chi connectivity index (χ3n) is 15.4. The van der Waals surface area contributed by atoms with Gasteiger partial charge in [0, 0.05) is 63.8 Å². The molecule has 32 heteroatoms. The number of rotatable bonds is 28. The molecule has 10 amide bonds. The van der Waals surface area contributed by atoms with Crippen molar-refractivity contribution < 1.29 is 47.9 Å². The smallest absolute Gasteiger partial charge is 0.243 e. The van der Waals surface area contributed by atoms with Gasteiger partial charge in [-0.1, -0.05) is 103 Å². The second-order valence-corrected chi connectivity index (χ2v) is 24.2. The zero-order valence-corrected chi connectivity index (χ0v) is 54.7. The molecule has 524 valence electrons. The Morgan fingerprint density at radius 2 is 0.660 bits per heavy atom. The van der Waals surface area contributed by atoms with Crippen LogP contribution in [0.25, 0.3) is 10.8 Å². The first kappa shape index (κ1) is 76.6. The van der Waals surface area contributed by atoms with E-state index in [1.54, 1.807) is 80.6 Å². The Kier molecular flexibility index (Phi) is 30.8. The van der Waals surface area contributed by atoms with Crippen LogP contribution in [0.1, 0.15) is 101 Å². The lowest BCUT2D eigenvalue weighted by Gasteiger charge is -2.29. The van der Waals surface area contributed by atoms with Gasteiger partial charge in [0.2, 0.25) is 59.1 Å². The number of hydrogen-bond acceptors (Lipinski definition) is 14. The molecule has 1 heterocycles. The number of benzene rings is 4. The quantitative estimate of drug-likeness (QED) is 0.0149. The van der Waals surface area contributed by atoms with Crippen LogP contribution in [0, 0.1) is 0 Å². The summed E-state index contributed by atoms with van der Waals surface area (Å²) < 4.78 is 0. The number of nitrogens with zero attached hydrogens (tertiary/aromatic N) is 4. The molecule has 0 aromatic heterocycles. The van der Waals surface area contributed by atoms with E-state index in [2.05, 4.69) is 67.8 Å². The third kappa shape index (κ3) is 28.2. The van der Waals surface area contributed by atoms with Crippen molar-refractivity contribution in [2.75, 3.05) is 26.2 Å². The van der Waals surface area contributed by atoms with Crippen LogP contribution >= 0.6 is 0 Å². The zero-order chi connectivity index (χ0) is 71.0. The molecule has 0 spiro atoms. The van der Waals surface area contributed by atoms with Gasteiger partial charge in [-0.05, 0) is 99.1 Å². The predicted molar refractivity (Wildman–Crippen MR) is 368 cm³/mol. The molecular weight excluding hydrogens is 1250 g/mol. The van der Waals surface area contributed by atoms with Crippen molar-refractivity contribution in [2.45, 2.75) is 158 Å². The molecule has 0 saturated carbocycles. The molecule has 0 bridgehead atoms. The van der Waals surface area contributed by atoms with Gasteiger partial charge in [0.25, 0.3) is 0 Å².